The molecule has 0 aliphatic heterocycles. The monoisotopic (exact) mass is 269 g/mol. The quantitative estimate of drug-likeness (QED) is 0.851. The molecule has 0 amide bonds. The van der Waals surface area contributed by atoms with Crippen molar-refractivity contribution >= 4 is 17.7 Å². The largest absolute Gasteiger partial charge is 0.481 e. The maximum absolute atomic E-state index is 12.3. The molecule has 0 aliphatic rings. The molecule has 17 heavy (non-hydrogen) atoms. The minimum Gasteiger partial charge on any atom is -0.481 e. The third-order valence-electron chi connectivity index (χ3n) is 2.08. The fraction of sp³-hybridized carbons (Fsp3) is 0.556. The number of carboxylic acid groups (broad SMARTS) is 1. The van der Waals surface area contributed by atoms with E-state index < -0.39 is 23.8 Å². The zero-order valence-corrected chi connectivity index (χ0v) is 9.85. The number of hydrogen-bond donors (Lipinski definition) is 1. The van der Waals surface area contributed by atoms with E-state index in [1.807, 2.05) is 0 Å². The Morgan fingerprint density at radius 2 is 2.12 bits per heavy atom. The van der Waals surface area contributed by atoms with Crippen molar-refractivity contribution in [2.24, 2.45) is 5.92 Å². The van der Waals surface area contributed by atoms with Crippen LogP contribution in [0.25, 0.3) is 0 Å². The number of rotatable bonds is 4. The summed E-state index contributed by atoms with van der Waals surface area (Å²) in [6.07, 6.45) is -4.77. The highest BCUT2D eigenvalue weighted by Crippen LogP contribution is 2.32. The van der Waals surface area contributed by atoms with E-state index >= 15 is 0 Å². The molecule has 1 rings (SSSR count). The van der Waals surface area contributed by atoms with Crippen LogP contribution in [0.3, 0.4) is 0 Å². The molecule has 0 radical (unpaired) electrons. The van der Waals surface area contributed by atoms with Gasteiger partial charge in [0.15, 0.2) is 5.92 Å². The third kappa shape index (κ3) is 3.65. The number of alkyl halides is 3. The van der Waals surface area contributed by atoms with Gasteiger partial charge < -0.3 is 9.52 Å². The van der Waals surface area contributed by atoms with E-state index in [1.54, 1.807) is 13.8 Å². The average Bonchev–Trinajstić information content (AvgIpc) is 2.43. The van der Waals surface area contributed by atoms with Crippen molar-refractivity contribution < 1.29 is 27.5 Å². The molecule has 1 atom stereocenters. The van der Waals surface area contributed by atoms with Crippen LogP contribution < -0.4 is 0 Å². The summed E-state index contributed by atoms with van der Waals surface area (Å²) in [6, 6.07) is 0. The normalized spacial score (nSPS) is 13.7. The van der Waals surface area contributed by atoms with Crippen LogP contribution in [0.1, 0.15) is 11.5 Å². The summed E-state index contributed by atoms with van der Waals surface area (Å²) in [5.41, 5.74) is 0.575. The number of hydrogen-bond acceptors (Lipinski definition) is 4. The molecule has 8 heteroatoms. The van der Waals surface area contributed by atoms with Crippen molar-refractivity contribution in [3.63, 3.8) is 0 Å². The van der Waals surface area contributed by atoms with Crippen molar-refractivity contribution in [1.29, 1.82) is 0 Å². The number of aromatic nitrogens is 1. The Bertz CT molecular complexity index is 397. The Hall–Kier alpha value is -1.18. The van der Waals surface area contributed by atoms with Gasteiger partial charge in [-0.3, -0.25) is 4.79 Å². The van der Waals surface area contributed by atoms with Gasteiger partial charge in [-0.05, 0) is 13.8 Å². The first-order valence-corrected chi connectivity index (χ1v) is 5.56. The van der Waals surface area contributed by atoms with Gasteiger partial charge in [0.25, 0.3) is 5.22 Å². The molecule has 0 bridgehead atoms. The standard InChI is InChI=1S/C9H10F3NO3S/c1-4-5(2)16-8(13-4)17-3-6(7(14)15)9(10,11)12/h6H,3H2,1-2H3,(H,14,15). The van der Waals surface area contributed by atoms with Crippen molar-refractivity contribution in [2.45, 2.75) is 25.2 Å². The van der Waals surface area contributed by atoms with Gasteiger partial charge in [-0.2, -0.15) is 13.2 Å². The van der Waals surface area contributed by atoms with Gasteiger partial charge in [-0.1, -0.05) is 11.8 Å². The van der Waals surface area contributed by atoms with Gasteiger partial charge in [0.2, 0.25) is 0 Å². The molecule has 1 heterocycles. The second kappa shape index (κ2) is 4.99. The molecular weight excluding hydrogens is 259 g/mol. The van der Waals surface area contributed by atoms with Crippen LogP contribution in [0, 0.1) is 19.8 Å². The Balaban J connectivity index is 2.68. The van der Waals surface area contributed by atoms with Gasteiger partial charge in [0.05, 0.1) is 5.69 Å². The first-order chi connectivity index (χ1) is 7.71. The second-order valence-corrected chi connectivity index (χ2v) is 4.34. The predicted molar refractivity (Wildman–Crippen MR) is 53.9 cm³/mol. The van der Waals surface area contributed by atoms with E-state index in [4.69, 9.17) is 9.52 Å². The molecule has 0 saturated heterocycles. The van der Waals surface area contributed by atoms with Gasteiger partial charge >= 0.3 is 12.1 Å². The highest BCUT2D eigenvalue weighted by Gasteiger charge is 2.45. The lowest BCUT2D eigenvalue weighted by Gasteiger charge is -2.14. The lowest BCUT2D eigenvalue weighted by atomic mass is 10.2. The molecule has 1 N–H and O–H groups in total. The SMILES string of the molecule is Cc1nc(SCC(C(=O)O)C(F)(F)F)oc1C. The van der Waals surface area contributed by atoms with Gasteiger partial charge in [0, 0.05) is 5.75 Å². The molecule has 0 aromatic carbocycles. The number of carboxylic acids is 1. The van der Waals surface area contributed by atoms with Crippen molar-refractivity contribution in [2.75, 3.05) is 5.75 Å². The van der Waals surface area contributed by atoms with Crippen LogP contribution in [0.4, 0.5) is 13.2 Å². The molecule has 1 unspecified atom stereocenters. The number of halogens is 3. The number of carbonyl (C=O) groups is 1. The maximum Gasteiger partial charge on any atom is 0.403 e. The fourth-order valence-electron chi connectivity index (χ4n) is 0.965. The zero-order valence-electron chi connectivity index (χ0n) is 9.04. The Morgan fingerprint density at radius 3 is 2.47 bits per heavy atom. The molecule has 4 nitrogen and oxygen atoms in total. The van der Waals surface area contributed by atoms with E-state index in [1.165, 1.54) is 0 Å². The van der Waals surface area contributed by atoms with Gasteiger partial charge in [0.1, 0.15) is 5.76 Å². The second-order valence-electron chi connectivity index (χ2n) is 3.36. The maximum atomic E-state index is 12.3. The van der Waals surface area contributed by atoms with E-state index in [0.717, 1.165) is 0 Å². The van der Waals surface area contributed by atoms with Crippen LogP contribution in [0.2, 0.25) is 0 Å². The summed E-state index contributed by atoms with van der Waals surface area (Å²) >= 11 is 0.640. The number of nitrogens with zero attached hydrogens (tertiary/aromatic N) is 1. The van der Waals surface area contributed by atoms with Crippen molar-refractivity contribution in [3.8, 4) is 0 Å². The summed E-state index contributed by atoms with van der Waals surface area (Å²) in [5, 5.41) is 8.51. The summed E-state index contributed by atoms with van der Waals surface area (Å²) < 4.78 is 42.0. The van der Waals surface area contributed by atoms with E-state index in [9.17, 15) is 18.0 Å². The smallest absolute Gasteiger partial charge is 0.403 e. The lowest BCUT2D eigenvalue weighted by molar-refractivity contribution is -0.188. The molecule has 96 valence electrons. The molecular formula is C9H10F3NO3S. The molecule has 1 aromatic heterocycles. The van der Waals surface area contributed by atoms with E-state index in [0.29, 0.717) is 23.2 Å². The van der Waals surface area contributed by atoms with Crippen molar-refractivity contribution in [1.82, 2.24) is 4.98 Å². The zero-order chi connectivity index (χ0) is 13.2. The van der Waals surface area contributed by atoms with Crippen LogP contribution in [-0.4, -0.2) is 28.0 Å². The number of aryl methyl sites for hydroxylation is 2. The molecule has 0 aliphatic carbocycles. The lowest BCUT2D eigenvalue weighted by Crippen LogP contribution is -2.32. The summed E-state index contributed by atoms with van der Waals surface area (Å²) in [5.74, 6) is -4.46. The van der Waals surface area contributed by atoms with Crippen LogP contribution in [0.15, 0.2) is 9.64 Å². The average molecular weight is 269 g/mol. The predicted octanol–water partition coefficient (Wildman–Crippen LogP) is 2.65. The first-order valence-electron chi connectivity index (χ1n) is 4.58. The van der Waals surface area contributed by atoms with Crippen molar-refractivity contribution in [3.05, 3.63) is 11.5 Å². The first kappa shape index (κ1) is 13.9. The number of thioether (sulfide) groups is 1. The summed E-state index contributed by atoms with van der Waals surface area (Å²) in [7, 11) is 0. The van der Waals surface area contributed by atoms with Gasteiger partial charge in [-0.15, -0.1) is 0 Å². The number of aliphatic carboxylic acids is 1. The highest BCUT2D eigenvalue weighted by atomic mass is 32.2. The fourth-order valence-corrected chi connectivity index (χ4v) is 1.99. The van der Waals surface area contributed by atoms with Crippen LogP contribution >= 0.6 is 11.8 Å². The molecule has 0 spiro atoms. The molecule has 0 saturated carbocycles. The van der Waals surface area contributed by atoms with E-state index in [-0.39, 0.29) is 5.22 Å². The van der Waals surface area contributed by atoms with Crippen LogP contribution in [-0.2, 0) is 4.79 Å². The Kier molecular flexibility index (Phi) is 4.07. The topological polar surface area (TPSA) is 63.3 Å². The summed E-state index contributed by atoms with van der Waals surface area (Å²) in [6.45, 7) is 3.28. The highest BCUT2D eigenvalue weighted by molar-refractivity contribution is 7.99. The molecule has 0 fully saturated rings. The minimum absolute atomic E-state index is 0.0514. The van der Waals surface area contributed by atoms with Gasteiger partial charge in [-0.25, -0.2) is 4.98 Å². The Labute approximate surface area is 99.2 Å². The summed E-state index contributed by atoms with van der Waals surface area (Å²) in [4.78, 5) is 14.3. The Morgan fingerprint density at radius 1 is 1.53 bits per heavy atom. The van der Waals surface area contributed by atoms with Crippen LogP contribution in [0.5, 0.6) is 0 Å². The minimum atomic E-state index is -4.77. The van der Waals surface area contributed by atoms with E-state index in [2.05, 4.69) is 4.98 Å². The number of oxazole rings is 1. The third-order valence-corrected chi connectivity index (χ3v) is 3.00. The molecule has 1 aromatic rings.